The van der Waals surface area contributed by atoms with Gasteiger partial charge in [0, 0.05) is 31.7 Å². The van der Waals surface area contributed by atoms with Gasteiger partial charge in [0.15, 0.2) is 0 Å². The van der Waals surface area contributed by atoms with Crippen LogP contribution in [0.1, 0.15) is 29.8 Å². The van der Waals surface area contributed by atoms with Gasteiger partial charge in [-0.1, -0.05) is 29.8 Å². The molecular formula is C24H28ClN3O8. The molecule has 1 heterocycles. The summed E-state index contributed by atoms with van der Waals surface area (Å²) in [6.07, 6.45) is 0. The fourth-order valence-corrected chi connectivity index (χ4v) is 3.74. The molecule has 1 aliphatic heterocycles. The number of benzene rings is 2. The maximum atomic E-state index is 13.5. The number of aliphatic carboxylic acids is 2. The Bertz CT molecular complexity index is 1110. The topological polar surface area (TPSA) is 157 Å². The molecule has 0 saturated carbocycles. The molecular weight excluding hydrogens is 494 g/mol. The molecule has 0 bridgehead atoms. The van der Waals surface area contributed by atoms with Gasteiger partial charge in [0.05, 0.1) is 17.2 Å². The predicted octanol–water partition coefficient (Wildman–Crippen LogP) is 2.45. The molecule has 4 N–H and O–H groups in total. The first-order valence-electron chi connectivity index (χ1n) is 10.9. The van der Waals surface area contributed by atoms with Crippen molar-refractivity contribution in [2.45, 2.75) is 26.4 Å². The second-order valence-corrected chi connectivity index (χ2v) is 8.21. The first-order valence-corrected chi connectivity index (χ1v) is 11.3. The molecule has 0 aliphatic carbocycles. The van der Waals surface area contributed by atoms with Gasteiger partial charge >= 0.3 is 12.0 Å². The lowest BCUT2D eigenvalue weighted by atomic mass is 10.1. The van der Waals surface area contributed by atoms with Crippen molar-refractivity contribution in [1.29, 1.82) is 0 Å². The summed E-state index contributed by atoms with van der Waals surface area (Å²) in [5, 5.41) is 27.8. The van der Waals surface area contributed by atoms with Crippen molar-refractivity contribution in [3.05, 3.63) is 58.6 Å². The number of para-hydroxylation sites is 1. The van der Waals surface area contributed by atoms with Crippen molar-refractivity contribution in [1.82, 2.24) is 10.2 Å². The highest BCUT2D eigenvalue weighted by molar-refractivity contribution is 6.34. The molecule has 2 aromatic rings. The van der Waals surface area contributed by atoms with E-state index in [0.29, 0.717) is 11.4 Å². The molecule has 12 heteroatoms. The van der Waals surface area contributed by atoms with Crippen molar-refractivity contribution in [3.8, 4) is 5.75 Å². The number of carboxylic acids is 2. The van der Waals surface area contributed by atoms with Crippen molar-refractivity contribution in [3.63, 3.8) is 0 Å². The quantitative estimate of drug-likeness (QED) is 0.451. The minimum atomic E-state index is -1.14. The number of hydrogen-bond donors (Lipinski definition) is 4. The SMILES string of the molecule is CC(=O)O.C[C@@H]1CN(C(=O)c2ccc(OCCO)cc2Cl)c2ccccc2CN1C(=O)NCC(=O)O. The number of anilines is 1. The van der Waals surface area contributed by atoms with Gasteiger partial charge < -0.3 is 35.2 Å². The molecule has 0 unspecified atom stereocenters. The Kier molecular flexibility index (Phi) is 10.5. The number of rotatable bonds is 6. The minimum Gasteiger partial charge on any atom is -0.491 e. The van der Waals surface area contributed by atoms with Gasteiger partial charge in [-0.05, 0) is 36.8 Å². The van der Waals surface area contributed by atoms with Gasteiger partial charge in [0.25, 0.3) is 11.9 Å². The zero-order chi connectivity index (χ0) is 26.8. The third-order valence-electron chi connectivity index (χ3n) is 5.03. The molecule has 0 spiro atoms. The van der Waals surface area contributed by atoms with Crippen LogP contribution in [0.2, 0.25) is 5.02 Å². The average molecular weight is 522 g/mol. The molecule has 3 amide bonds. The molecule has 1 atom stereocenters. The van der Waals surface area contributed by atoms with Crippen molar-refractivity contribution in [2.24, 2.45) is 0 Å². The molecule has 2 aromatic carbocycles. The molecule has 0 radical (unpaired) electrons. The standard InChI is InChI=1S/C22H24ClN3O6.C2H4O2/c1-14-12-26(21(30)17-7-6-16(10-18(17)23)32-9-8-27)19-5-3-2-4-15(19)13-25(14)22(31)24-11-20(28)29;1-2(3)4/h2-7,10,14,27H,8-9,11-13H2,1H3,(H,24,31)(H,28,29);1H3,(H,3,4)/t14-;/m1./s1. The minimum absolute atomic E-state index is 0.112. The molecule has 194 valence electrons. The van der Waals surface area contributed by atoms with Crippen molar-refractivity contribution < 1.29 is 39.2 Å². The molecule has 11 nitrogen and oxygen atoms in total. The van der Waals surface area contributed by atoms with Gasteiger partial charge in [-0.3, -0.25) is 14.4 Å². The summed E-state index contributed by atoms with van der Waals surface area (Å²) in [6, 6.07) is 11.0. The maximum Gasteiger partial charge on any atom is 0.323 e. The highest BCUT2D eigenvalue weighted by atomic mass is 35.5. The number of halogens is 1. The zero-order valence-electron chi connectivity index (χ0n) is 19.8. The van der Waals surface area contributed by atoms with Crippen LogP contribution in [0.25, 0.3) is 0 Å². The van der Waals surface area contributed by atoms with Crippen LogP contribution in [-0.4, -0.2) is 76.4 Å². The van der Waals surface area contributed by atoms with Crippen LogP contribution in [0.4, 0.5) is 10.5 Å². The van der Waals surface area contributed by atoms with Crippen LogP contribution in [-0.2, 0) is 16.1 Å². The Morgan fingerprint density at radius 3 is 2.42 bits per heavy atom. The van der Waals surface area contributed by atoms with Gasteiger partial charge in [-0.25, -0.2) is 4.79 Å². The highest BCUT2D eigenvalue weighted by Gasteiger charge is 2.32. The molecule has 3 rings (SSSR count). The Balaban J connectivity index is 0.00000106. The number of ether oxygens (including phenoxy) is 1. The zero-order valence-corrected chi connectivity index (χ0v) is 20.6. The monoisotopic (exact) mass is 521 g/mol. The highest BCUT2D eigenvalue weighted by Crippen LogP contribution is 2.31. The van der Waals surface area contributed by atoms with E-state index in [9.17, 15) is 14.4 Å². The Hall–Kier alpha value is -3.83. The van der Waals surface area contributed by atoms with Crippen LogP contribution in [0, 0.1) is 0 Å². The van der Waals surface area contributed by atoms with Crippen LogP contribution in [0.15, 0.2) is 42.5 Å². The second kappa shape index (κ2) is 13.3. The molecule has 0 aromatic heterocycles. The van der Waals surface area contributed by atoms with Crippen LogP contribution in [0.3, 0.4) is 0 Å². The smallest absolute Gasteiger partial charge is 0.323 e. The number of carbonyl (C=O) groups excluding carboxylic acids is 2. The van der Waals surface area contributed by atoms with E-state index in [1.807, 2.05) is 12.1 Å². The number of carboxylic acid groups (broad SMARTS) is 2. The predicted molar refractivity (Wildman–Crippen MR) is 132 cm³/mol. The van der Waals surface area contributed by atoms with E-state index in [2.05, 4.69) is 5.32 Å². The molecule has 0 saturated heterocycles. The fraction of sp³-hybridized carbons (Fsp3) is 0.333. The first kappa shape index (κ1) is 28.4. The number of fused-ring (bicyclic) bond motifs is 1. The van der Waals surface area contributed by atoms with Crippen molar-refractivity contribution >= 4 is 41.2 Å². The first-order chi connectivity index (χ1) is 17.0. The fourth-order valence-electron chi connectivity index (χ4n) is 3.49. The summed E-state index contributed by atoms with van der Waals surface area (Å²) in [6.45, 7) is 2.76. The van der Waals surface area contributed by atoms with E-state index in [1.165, 1.54) is 11.0 Å². The summed E-state index contributed by atoms with van der Waals surface area (Å²) in [5.74, 6) is -1.87. The van der Waals surface area contributed by atoms with E-state index in [0.717, 1.165) is 12.5 Å². The number of amides is 3. The van der Waals surface area contributed by atoms with Gasteiger partial charge in [0.2, 0.25) is 0 Å². The van der Waals surface area contributed by atoms with Gasteiger partial charge in [-0.2, -0.15) is 0 Å². The van der Waals surface area contributed by atoms with Crippen molar-refractivity contribution in [2.75, 3.05) is 31.2 Å². The summed E-state index contributed by atoms with van der Waals surface area (Å²) >= 11 is 6.36. The normalized spacial score (nSPS) is 14.5. The van der Waals surface area contributed by atoms with E-state index in [1.54, 1.807) is 36.1 Å². The van der Waals surface area contributed by atoms with E-state index >= 15 is 0 Å². The number of aliphatic hydroxyl groups excluding tert-OH is 1. The Morgan fingerprint density at radius 1 is 1.14 bits per heavy atom. The largest absolute Gasteiger partial charge is 0.491 e. The van der Waals surface area contributed by atoms with Crippen LogP contribution < -0.4 is 15.0 Å². The number of aliphatic hydroxyl groups is 1. The number of nitrogens with zero attached hydrogens (tertiary/aromatic N) is 2. The van der Waals surface area contributed by atoms with E-state index in [4.69, 9.17) is 36.5 Å². The number of urea groups is 1. The number of nitrogens with one attached hydrogen (secondary N) is 1. The average Bonchev–Trinajstić information content (AvgIpc) is 2.97. The summed E-state index contributed by atoms with van der Waals surface area (Å²) in [5.41, 5.74) is 1.66. The van der Waals surface area contributed by atoms with Gasteiger partial charge in [0.1, 0.15) is 18.9 Å². The lowest BCUT2D eigenvalue weighted by molar-refractivity contribution is -0.136. The Labute approximate surface area is 212 Å². The number of carbonyl (C=O) groups is 4. The third-order valence-corrected chi connectivity index (χ3v) is 5.34. The molecule has 0 fully saturated rings. The van der Waals surface area contributed by atoms with Crippen LogP contribution >= 0.6 is 11.6 Å². The van der Waals surface area contributed by atoms with E-state index in [-0.39, 0.29) is 42.8 Å². The summed E-state index contributed by atoms with van der Waals surface area (Å²) in [7, 11) is 0. The summed E-state index contributed by atoms with van der Waals surface area (Å²) < 4.78 is 5.34. The summed E-state index contributed by atoms with van der Waals surface area (Å²) in [4.78, 5) is 49.0. The van der Waals surface area contributed by atoms with E-state index < -0.39 is 30.6 Å². The molecule has 36 heavy (non-hydrogen) atoms. The molecule has 1 aliphatic rings. The van der Waals surface area contributed by atoms with Gasteiger partial charge in [-0.15, -0.1) is 0 Å². The lowest BCUT2D eigenvalue weighted by Crippen LogP contribution is -2.49. The lowest BCUT2D eigenvalue weighted by Gasteiger charge is -2.29. The third kappa shape index (κ3) is 7.85. The second-order valence-electron chi connectivity index (χ2n) is 7.81. The Morgan fingerprint density at radius 2 is 1.81 bits per heavy atom. The number of hydrogen-bond acceptors (Lipinski definition) is 6. The maximum absolute atomic E-state index is 13.5. The van der Waals surface area contributed by atoms with Crippen LogP contribution in [0.5, 0.6) is 5.75 Å².